The van der Waals surface area contributed by atoms with Gasteiger partial charge in [0.05, 0.1) is 10.9 Å². The molecule has 8 nitrogen and oxygen atoms in total. The van der Waals surface area contributed by atoms with Crippen LogP contribution in [0.15, 0.2) is 44.7 Å². The molecule has 3 aromatic rings. The van der Waals surface area contributed by atoms with Crippen LogP contribution < -0.4 is 22.1 Å². The van der Waals surface area contributed by atoms with E-state index in [0.717, 1.165) is 22.6 Å². The minimum Gasteiger partial charge on any atom is -0.322 e. The summed E-state index contributed by atoms with van der Waals surface area (Å²) in [7, 11) is 1.49. The van der Waals surface area contributed by atoms with Crippen molar-refractivity contribution in [2.75, 3.05) is 5.32 Å². The lowest BCUT2D eigenvalue weighted by molar-refractivity contribution is 0.102. The second-order valence-corrected chi connectivity index (χ2v) is 6.74. The first-order valence-corrected chi connectivity index (χ1v) is 9.61. The summed E-state index contributed by atoms with van der Waals surface area (Å²) >= 11 is 0. The van der Waals surface area contributed by atoms with E-state index in [4.69, 9.17) is 0 Å². The van der Waals surface area contributed by atoms with Crippen LogP contribution in [0.25, 0.3) is 11.0 Å². The predicted octanol–water partition coefficient (Wildman–Crippen LogP) is 1.72. The lowest BCUT2D eigenvalue weighted by atomic mass is 10.1. The zero-order valence-electron chi connectivity index (χ0n) is 17.0. The van der Waals surface area contributed by atoms with E-state index in [-0.39, 0.29) is 29.7 Å². The van der Waals surface area contributed by atoms with E-state index in [1.54, 1.807) is 19.9 Å². The van der Waals surface area contributed by atoms with Crippen LogP contribution in [0.3, 0.4) is 0 Å². The van der Waals surface area contributed by atoms with Gasteiger partial charge in [0.25, 0.3) is 17.0 Å². The average Bonchev–Trinajstić information content (AvgIpc) is 2.71. The van der Waals surface area contributed by atoms with E-state index >= 15 is 0 Å². The molecule has 1 amide bonds. The summed E-state index contributed by atoms with van der Waals surface area (Å²) in [6.45, 7) is 5.85. The SMILES string of the molecule is CCc1cccc(NC(=O)c2cc(=O)n(CC)c3c2c(=O)n(CC)c(=O)n3C)c1. The van der Waals surface area contributed by atoms with Gasteiger partial charge in [0.15, 0.2) is 0 Å². The molecule has 152 valence electrons. The molecule has 0 saturated carbocycles. The van der Waals surface area contributed by atoms with Gasteiger partial charge in [-0.1, -0.05) is 19.1 Å². The van der Waals surface area contributed by atoms with Crippen molar-refractivity contribution in [2.24, 2.45) is 7.05 Å². The fourth-order valence-corrected chi connectivity index (χ4v) is 3.52. The standard InChI is InChI=1S/C21H24N4O4/c1-5-13-9-8-10-14(11-13)22-18(27)15-12-16(26)24(6-2)19-17(15)20(28)25(7-3)21(29)23(19)4/h8-12H,5-7H2,1-4H3,(H,22,27). The highest BCUT2D eigenvalue weighted by Gasteiger charge is 2.22. The number of hydrogen-bond acceptors (Lipinski definition) is 4. The van der Waals surface area contributed by atoms with Crippen molar-refractivity contribution in [3.63, 3.8) is 0 Å². The van der Waals surface area contributed by atoms with Gasteiger partial charge in [-0.3, -0.25) is 28.1 Å². The van der Waals surface area contributed by atoms with Crippen molar-refractivity contribution < 1.29 is 4.79 Å². The topological polar surface area (TPSA) is 95.1 Å². The van der Waals surface area contributed by atoms with E-state index in [0.29, 0.717) is 5.69 Å². The van der Waals surface area contributed by atoms with Gasteiger partial charge in [0.2, 0.25) is 0 Å². The van der Waals surface area contributed by atoms with Crippen LogP contribution >= 0.6 is 0 Å². The maximum Gasteiger partial charge on any atom is 0.332 e. The van der Waals surface area contributed by atoms with Gasteiger partial charge in [-0.25, -0.2) is 4.79 Å². The number of hydrogen-bond donors (Lipinski definition) is 1. The minimum absolute atomic E-state index is 0.0422. The molecule has 0 aliphatic carbocycles. The number of carbonyl (C=O) groups excluding carboxylic acids is 1. The van der Waals surface area contributed by atoms with Crippen LogP contribution in [0.5, 0.6) is 0 Å². The maximum absolute atomic E-state index is 13.0. The molecular formula is C21H24N4O4. The third-order valence-electron chi connectivity index (χ3n) is 5.05. The lowest BCUT2D eigenvalue weighted by Gasteiger charge is -2.16. The Bertz CT molecular complexity index is 1280. The summed E-state index contributed by atoms with van der Waals surface area (Å²) in [5.74, 6) is -0.568. The number of rotatable bonds is 5. The van der Waals surface area contributed by atoms with Crippen molar-refractivity contribution in [3.05, 3.63) is 72.7 Å². The Morgan fingerprint density at radius 2 is 1.69 bits per heavy atom. The molecular weight excluding hydrogens is 372 g/mol. The van der Waals surface area contributed by atoms with Crippen molar-refractivity contribution in [1.29, 1.82) is 0 Å². The van der Waals surface area contributed by atoms with Gasteiger partial charge in [-0.05, 0) is 38.0 Å². The lowest BCUT2D eigenvalue weighted by Crippen LogP contribution is -2.42. The van der Waals surface area contributed by atoms with E-state index < -0.39 is 22.7 Å². The maximum atomic E-state index is 13.0. The molecule has 0 bridgehead atoms. The highest BCUT2D eigenvalue weighted by molar-refractivity contribution is 6.11. The average molecular weight is 396 g/mol. The highest BCUT2D eigenvalue weighted by Crippen LogP contribution is 2.16. The third kappa shape index (κ3) is 3.41. The number of pyridine rings is 1. The van der Waals surface area contributed by atoms with E-state index in [1.807, 2.05) is 25.1 Å². The van der Waals surface area contributed by atoms with Gasteiger partial charge in [0.1, 0.15) is 5.65 Å². The molecule has 0 atom stereocenters. The summed E-state index contributed by atoms with van der Waals surface area (Å²) in [6.07, 6.45) is 0.808. The van der Waals surface area contributed by atoms with Crippen LogP contribution in [0.1, 0.15) is 36.7 Å². The van der Waals surface area contributed by atoms with Gasteiger partial charge in [0, 0.05) is 31.9 Å². The molecule has 0 spiro atoms. The summed E-state index contributed by atoms with van der Waals surface area (Å²) in [6, 6.07) is 8.52. The number of amides is 1. The minimum atomic E-state index is -0.583. The van der Waals surface area contributed by atoms with Crippen LogP contribution in [0, 0.1) is 0 Å². The number of anilines is 1. The first-order valence-electron chi connectivity index (χ1n) is 9.61. The number of carbonyl (C=O) groups is 1. The van der Waals surface area contributed by atoms with Crippen LogP contribution in [0.4, 0.5) is 5.69 Å². The number of aromatic nitrogens is 3. The number of benzene rings is 1. The van der Waals surface area contributed by atoms with Gasteiger partial charge in [-0.15, -0.1) is 0 Å². The molecule has 1 aromatic carbocycles. The molecule has 0 saturated heterocycles. The third-order valence-corrected chi connectivity index (χ3v) is 5.05. The first kappa shape index (κ1) is 20.3. The smallest absolute Gasteiger partial charge is 0.322 e. The quantitative estimate of drug-likeness (QED) is 0.710. The Labute approximate surface area is 167 Å². The molecule has 8 heteroatoms. The van der Waals surface area contributed by atoms with E-state index in [1.165, 1.54) is 16.2 Å². The summed E-state index contributed by atoms with van der Waals surface area (Å²) in [5, 5.41) is 2.82. The molecule has 0 aliphatic rings. The van der Waals surface area contributed by atoms with Gasteiger partial charge < -0.3 is 5.32 Å². The summed E-state index contributed by atoms with van der Waals surface area (Å²) < 4.78 is 3.63. The molecule has 0 unspecified atom stereocenters. The molecule has 0 fully saturated rings. The predicted molar refractivity (Wildman–Crippen MR) is 113 cm³/mol. The Hall–Kier alpha value is -3.42. The van der Waals surface area contributed by atoms with Gasteiger partial charge in [-0.2, -0.15) is 0 Å². The fourth-order valence-electron chi connectivity index (χ4n) is 3.52. The van der Waals surface area contributed by atoms with Crippen LogP contribution in [0.2, 0.25) is 0 Å². The fraction of sp³-hybridized carbons (Fsp3) is 0.333. The van der Waals surface area contributed by atoms with Crippen LogP contribution in [-0.2, 0) is 26.6 Å². The van der Waals surface area contributed by atoms with Crippen molar-refractivity contribution in [3.8, 4) is 0 Å². The molecule has 2 aromatic heterocycles. The molecule has 0 radical (unpaired) electrons. The van der Waals surface area contributed by atoms with Crippen molar-refractivity contribution >= 4 is 22.6 Å². The largest absolute Gasteiger partial charge is 0.332 e. The Morgan fingerprint density at radius 3 is 2.31 bits per heavy atom. The monoisotopic (exact) mass is 396 g/mol. The highest BCUT2D eigenvalue weighted by atomic mass is 16.2. The van der Waals surface area contributed by atoms with Crippen molar-refractivity contribution in [2.45, 2.75) is 40.3 Å². The molecule has 0 aliphatic heterocycles. The van der Waals surface area contributed by atoms with Crippen molar-refractivity contribution in [1.82, 2.24) is 13.7 Å². The zero-order valence-corrected chi connectivity index (χ0v) is 17.0. The molecule has 2 heterocycles. The van der Waals surface area contributed by atoms with Crippen LogP contribution in [-0.4, -0.2) is 19.6 Å². The molecule has 29 heavy (non-hydrogen) atoms. The number of nitrogens with one attached hydrogen (secondary N) is 1. The Balaban J connectivity index is 2.31. The zero-order chi connectivity index (χ0) is 21.3. The normalized spacial score (nSPS) is 11.0. The number of aryl methyl sites for hydroxylation is 3. The molecule has 1 N–H and O–H groups in total. The first-order chi connectivity index (χ1) is 13.8. The number of nitrogens with zero attached hydrogens (tertiary/aromatic N) is 3. The Kier molecular flexibility index (Phi) is 5.54. The summed E-state index contributed by atoms with van der Waals surface area (Å²) in [5.41, 5.74) is 0.162. The Morgan fingerprint density at radius 1 is 1.00 bits per heavy atom. The second-order valence-electron chi connectivity index (χ2n) is 6.74. The molecule has 3 rings (SSSR count). The van der Waals surface area contributed by atoms with E-state index in [2.05, 4.69) is 5.32 Å². The summed E-state index contributed by atoms with van der Waals surface area (Å²) in [4.78, 5) is 51.3. The van der Waals surface area contributed by atoms with Gasteiger partial charge >= 0.3 is 5.69 Å². The second kappa shape index (κ2) is 7.90. The number of fused-ring (bicyclic) bond motifs is 1. The van der Waals surface area contributed by atoms with E-state index in [9.17, 15) is 19.2 Å².